The summed E-state index contributed by atoms with van der Waals surface area (Å²) in [5.74, 6) is -0.00328. The Morgan fingerprint density at radius 3 is 2.87 bits per heavy atom. The highest BCUT2D eigenvalue weighted by Crippen LogP contribution is 2.26. The lowest BCUT2D eigenvalue weighted by atomic mass is 10.0. The summed E-state index contributed by atoms with van der Waals surface area (Å²) >= 11 is 5.89. The SMILES string of the molecule is CC(NC(=O)Nc1cccc(Cl)c1)c1ccc2c(c1)CC(=O)N2. The molecule has 118 valence electrons. The quantitative estimate of drug-likeness (QED) is 0.803. The fraction of sp³-hybridized carbons (Fsp3) is 0.176. The minimum absolute atomic E-state index is 0.00328. The Hall–Kier alpha value is -2.53. The number of nitrogens with one attached hydrogen (secondary N) is 3. The molecule has 0 bridgehead atoms. The Morgan fingerprint density at radius 1 is 1.26 bits per heavy atom. The number of carbonyl (C=O) groups is 2. The molecule has 1 atom stereocenters. The van der Waals surface area contributed by atoms with E-state index in [0.29, 0.717) is 17.1 Å². The molecule has 3 N–H and O–H groups in total. The Bertz CT molecular complexity index is 776. The van der Waals surface area contributed by atoms with Gasteiger partial charge in [0.25, 0.3) is 0 Å². The van der Waals surface area contributed by atoms with E-state index >= 15 is 0 Å². The van der Waals surface area contributed by atoms with Gasteiger partial charge in [-0.05, 0) is 42.3 Å². The van der Waals surface area contributed by atoms with E-state index in [1.807, 2.05) is 25.1 Å². The highest BCUT2D eigenvalue weighted by atomic mass is 35.5. The molecule has 1 heterocycles. The summed E-state index contributed by atoms with van der Waals surface area (Å²) in [4.78, 5) is 23.4. The summed E-state index contributed by atoms with van der Waals surface area (Å²) in [6, 6.07) is 12.2. The molecule has 0 fully saturated rings. The highest BCUT2D eigenvalue weighted by Gasteiger charge is 2.19. The summed E-state index contributed by atoms with van der Waals surface area (Å²) in [6.07, 6.45) is 0.380. The number of anilines is 2. The zero-order valence-corrected chi connectivity index (χ0v) is 13.3. The maximum atomic E-state index is 12.1. The predicted octanol–water partition coefficient (Wildman–Crippen LogP) is 3.72. The van der Waals surface area contributed by atoms with Crippen LogP contribution >= 0.6 is 11.6 Å². The number of rotatable bonds is 3. The van der Waals surface area contributed by atoms with E-state index in [0.717, 1.165) is 16.8 Å². The summed E-state index contributed by atoms with van der Waals surface area (Å²) in [6.45, 7) is 1.89. The van der Waals surface area contributed by atoms with Gasteiger partial charge in [-0.3, -0.25) is 4.79 Å². The number of hydrogen-bond acceptors (Lipinski definition) is 2. The van der Waals surface area contributed by atoms with Gasteiger partial charge in [0.2, 0.25) is 5.91 Å². The lowest BCUT2D eigenvalue weighted by Gasteiger charge is -2.16. The van der Waals surface area contributed by atoms with Crippen LogP contribution in [0, 0.1) is 0 Å². The average Bonchev–Trinajstić information content (AvgIpc) is 2.86. The largest absolute Gasteiger partial charge is 0.331 e. The van der Waals surface area contributed by atoms with Gasteiger partial charge in [-0.15, -0.1) is 0 Å². The van der Waals surface area contributed by atoms with E-state index in [4.69, 9.17) is 11.6 Å². The van der Waals surface area contributed by atoms with Crippen molar-refractivity contribution in [1.82, 2.24) is 5.32 Å². The fourth-order valence-electron chi connectivity index (χ4n) is 2.53. The van der Waals surface area contributed by atoms with Gasteiger partial charge >= 0.3 is 6.03 Å². The normalized spacial score (nSPS) is 13.9. The first-order valence-corrected chi connectivity index (χ1v) is 7.65. The van der Waals surface area contributed by atoms with Crippen molar-refractivity contribution in [1.29, 1.82) is 0 Å². The third-order valence-electron chi connectivity index (χ3n) is 3.68. The number of hydrogen-bond donors (Lipinski definition) is 3. The van der Waals surface area contributed by atoms with E-state index in [-0.39, 0.29) is 18.0 Å². The molecule has 0 spiro atoms. The van der Waals surface area contributed by atoms with Gasteiger partial charge in [-0.2, -0.15) is 0 Å². The van der Waals surface area contributed by atoms with Crippen molar-refractivity contribution in [2.24, 2.45) is 0 Å². The van der Waals surface area contributed by atoms with Crippen LogP contribution in [0.15, 0.2) is 42.5 Å². The summed E-state index contributed by atoms with van der Waals surface area (Å²) < 4.78 is 0. The van der Waals surface area contributed by atoms with Crippen molar-refractivity contribution in [2.75, 3.05) is 10.6 Å². The first kappa shape index (κ1) is 15.4. The number of urea groups is 1. The number of benzene rings is 2. The first-order valence-electron chi connectivity index (χ1n) is 7.27. The van der Waals surface area contributed by atoms with Crippen molar-refractivity contribution in [3.05, 3.63) is 58.6 Å². The predicted molar refractivity (Wildman–Crippen MR) is 90.8 cm³/mol. The lowest BCUT2D eigenvalue weighted by molar-refractivity contribution is -0.115. The highest BCUT2D eigenvalue weighted by molar-refractivity contribution is 6.30. The van der Waals surface area contributed by atoms with Crippen LogP contribution in [-0.2, 0) is 11.2 Å². The summed E-state index contributed by atoms with van der Waals surface area (Å²) in [5.41, 5.74) is 3.37. The standard InChI is InChI=1S/C17H16ClN3O2/c1-10(11-5-6-15-12(7-11)8-16(22)21-15)19-17(23)20-14-4-2-3-13(18)9-14/h2-7,9-10H,8H2,1H3,(H,21,22)(H2,19,20,23). The number of carbonyl (C=O) groups excluding carboxylic acids is 2. The zero-order chi connectivity index (χ0) is 16.4. The molecule has 0 aromatic heterocycles. The van der Waals surface area contributed by atoms with Gasteiger partial charge in [-0.25, -0.2) is 4.79 Å². The molecule has 5 nitrogen and oxygen atoms in total. The van der Waals surface area contributed by atoms with Gasteiger partial charge in [0.05, 0.1) is 12.5 Å². The van der Waals surface area contributed by atoms with Crippen LogP contribution in [0.2, 0.25) is 5.02 Å². The molecular weight excluding hydrogens is 314 g/mol. The van der Waals surface area contributed by atoms with E-state index in [2.05, 4.69) is 16.0 Å². The van der Waals surface area contributed by atoms with Crippen LogP contribution in [0.3, 0.4) is 0 Å². The van der Waals surface area contributed by atoms with Crippen molar-refractivity contribution in [3.63, 3.8) is 0 Å². The van der Waals surface area contributed by atoms with Gasteiger partial charge in [0, 0.05) is 16.4 Å². The molecule has 23 heavy (non-hydrogen) atoms. The van der Waals surface area contributed by atoms with E-state index in [1.54, 1.807) is 24.3 Å². The van der Waals surface area contributed by atoms with Crippen LogP contribution in [0.25, 0.3) is 0 Å². The third-order valence-corrected chi connectivity index (χ3v) is 3.92. The zero-order valence-electron chi connectivity index (χ0n) is 12.5. The van der Waals surface area contributed by atoms with Crippen molar-refractivity contribution in [2.45, 2.75) is 19.4 Å². The van der Waals surface area contributed by atoms with Gasteiger partial charge in [-0.1, -0.05) is 29.8 Å². The third kappa shape index (κ3) is 3.63. The fourth-order valence-corrected chi connectivity index (χ4v) is 2.72. The molecule has 1 aliphatic heterocycles. The second-order valence-corrected chi connectivity index (χ2v) is 5.91. The molecule has 2 aromatic carbocycles. The van der Waals surface area contributed by atoms with Gasteiger partial charge < -0.3 is 16.0 Å². The van der Waals surface area contributed by atoms with Crippen LogP contribution in [0.5, 0.6) is 0 Å². The number of fused-ring (bicyclic) bond motifs is 1. The Kier molecular flexibility index (Phi) is 4.21. The van der Waals surface area contributed by atoms with E-state index in [1.165, 1.54) is 0 Å². The number of halogens is 1. The second kappa shape index (κ2) is 6.30. The smallest absolute Gasteiger partial charge is 0.319 e. The molecule has 0 radical (unpaired) electrons. The molecule has 3 rings (SSSR count). The lowest BCUT2D eigenvalue weighted by Crippen LogP contribution is -2.31. The minimum atomic E-state index is -0.311. The van der Waals surface area contributed by atoms with Crippen molar-refractivity contribution in [3.8, 4) is 0 Å². The molecule has 0 saturated heterocycles. The second-order valence-electron chi connectivity index (χ2n) is 5.47. The molecule has 0 aliphatic carbocycles. The molecule has 2 aromatic rings. The van der Waals surface area contributed by atoms with Crippen LogP contribution < -0.4 is 16.0 Å². The molecule has 1 aliphatic rings. The maximum absolute atomic E-state index is 12.1. The molecule has 6 heteroatoms. The molecule has 3 amide bonds. The Balaban J connectivity index is 1.65. The van der Waals surface area contributed by atoms with E-state index in [9.17, 15) is 9.59 Å². The van der Waals surface area contributed by atoms with Crippen LogP contribution in [-0.4, -0.2) is 11.9 Å². The van der Waals surface area contributed by atoms with Crippen molar-refractivity contribution >= 4 is 34.9 Å². The topological polar surface area (TPSA) is 70.2 Å². The average molecular weight is 330 g/mol. The summed E-state index contributed by atoms with van der Waals surface area (Å²) in [5, 5.41) is 8.96. The van der Waals surface area contributed by atoms with Crippen LogP contribution in [0.4, 0.5) is 16.2 Å². The molecular formula is C17H16ClN3O2. The number of amides is 3. The van der Waals surface area contributed by atoms with Gasteiger partial charge in [0.1, 0.15) is 0 Å². The van der Waals surface area contributed by atoms with Crippen LogP contribution in [0.1, 0.15) is 24.1 Å². The maximum Gasteiger partial charge on any atom is 0.319 e. The first-order chi connectivity index (χ1) is 11.0. The van der Waals surface area contributed by atoms with E-state index < -0.39 is 0 Å². The Morgan fingerprint density at radius 2 is 2.09 bits per heavy atom. The minimum Gasteiger partial charge on any atom is -0.331 e. The molecule has 0 saturated carbocycles. The Labute approximate surface area is 139 Å². The van der Waals surface area contributed by atoms with Gasteiger partial charge in [0.15, 0.2) is 0 Å². The molecule has 1 unspecified atom stereocenters. The summed E-state index contributed by atoms with van der Waals surface area (Å²) in [7, 11) is 0. The monoisotopic (exact) mass is 329 g/mol. The van der Waals surface area contributed by atoms with Crippen molar-refractivity contribution < 1.29 is 9.59 Å².